The van der Waals surface area contributed by atoms with Gasteiger partial charge in [-0.15, -0.1) is 0 Å². The topological polar surface area (TPSA) is 24.1 Å². The summed E-state index contributed by atoms with van der Waals surface area (Å²) in [5, 5.41) is 6.64. The molecule has 0 saturated carbocycles. The van der Waals surface area contributed by atoms with Crippen LogP contribution in [0, 0.1) is 0 Å². The predicted octanol–water partition coefficient (Wildman–Crippen LogP) is 3.01. The van der Waals surface area contributed by atoms with Crippen molar-refractivity contribution in [3.05, 3.63) is 29.8 Å². The van der Waals surface area contributed by atoms with Crippen LogP contribution >= 0.6 is 0 Å². The van der Waals surface area contributed by atoms with E-state index in [1.165, 1.54) is 24.1 Å². The molecular weight excluding hydrogens is 184 g/mol. The van der Waals surface area contributed by atoms with Crippen molar-refractivity contribution in [1.82, 2.24) is 5.32 Å². The van der Waals surface area contributed by atoms with Crippen LogP contribution in [-0.4, -0.2) is 13.1 Å². The second-order valence-electron chi connectivity index (χ2n) is 4.06. The minimum absolute atomic E-state index is 0.560. The van der Waals surface area contributed by atoms with Gasteiger partial charge in [0.25, 0.3) is 0 Å². The summed E-state index contributed by atoms with van der Waals surface area (Å²) in [7, 11) is 1.97. The van der Waals surface area contributed by atoms with Crippen LogP contribution in [0.2, 0.25) is 0 Å². The summed E-state index contributed by atoms with van der Waals surface area (Å²) >= 11 is 0. The number of nitrogens with one attached hydrogen (secondary N) is 2. The third-order valence-corrected chi connectivity index (χ3v) is 2.47. The zero-order chi connectivity index (χ0) is 11.1. The van der Waals surface area contributed by atoms with Crippen molar-refractivity contribution in [2.24, 2.45) is 0 Å². The van der Waals surface area contributed by atoms with E-state index in [2.05, 4.69) is 48.7 Å². The highest BCUT2D eigenvalue weighted by molar-refractivity contribution is 5.45. The molecule has 0 heterocycles. The lowest BCUT2D eigenvalue weighted by molar-refractivity contribution is 0.690. The molecule has 2 N–H and O–H groups in total. The molecule has 1 aromatic carbocycles. The number of hydrogen-bond donors (Lipinski definition) is 2. The van der Waals surface area contributed by atoms with Gasteiger partial charge < -0.3 is 10.6 Å². The van der Waals surface area contributed by atoms with Crippen LogP contribution in [-0.2, 0) is 6.54 Å². The van der Waals surface area contributed by atoms with E-state index in [1.54, 1.807) is 0 Å². The largest absolute Gasteiger partial charge is 0.383 e. The number of rotatable bonds is 6. The molecular formula is C13H22N2. The summed E-state index contributed by atoms with van der Waals surface area (Å²) in [6, 6.07) is 9.19. The highest BCUT2D eigenvalue weighted by Crippen LogP contribution is 2.12. The van der Waals surface area contributed by atoms with E-state index in [0.29, 0.717) is 6.04 Å². The van der Waals surface area contributed by atoms with Gasteiger partial charge >= 0.3 is 0 Å². The molecule has 0 spiro atoms. The van der Waals surface area contributed by atoms with Crippen molar-refractivity contribution < 1.29 is 0 Å². The molecule has 1 unspecified atom stereocenters. The first-order valence-electron chi connectivity index (χ1n) is 5.76. The quantitative estimate of drug-likeness (QED) is 0.747. The monoisotopic (exact) mass is 206 g/mol. The molecule has 0 aliphatic heterocycles. The van der Waals surface area contributed by atoms with E-state index in [1.807, 2.05) is 7.05 Å². The minimum Gasteiger partial charge on any atom is -0.383 e. The second kappa shape index (κ2) is 6.46. The first-order valence-corrected chi connectivity index (χ1v) is 5.76. The zero-order valence-electron chi connectivity index (χ0n) is 10.0. The van der Waals surface area contributed by atoms with Gasteiger partial charge in [0.05, 0.1) is 0 Å². The zero-order valence-corrected chi connectivity index (χ0v) is 10.0. The van der Waals surface area contributed by atoms with Crippen molar-refractivity contribution in [2.45, 2.75) is 39.3 Å². The molecule has 0 aliphatic rings. The first-order chi connectivity index (χ1) is 7.26. The Morgan fingerprint density at radius 1 is 1.20 bits per heavy atom. The van der Waals surface area contributed by atoms with Crippen LogP contribution in [0.4, 0.5) is 5.69 Å². The van der Waals surface area contributed by atoms with E-state index in [9.17, 15) is 0 Å². The van der Waals surface area contributed by atoms with Crippen LogP contribution in [0.3, 0.4) is 0 Å². The van der Waals surface area contributed by atoms with Gasteiger partial charge in [0.15, 0.2) is 0 Å². The van der Waals surface area contributed by atoms with E-state index in [4.69, 9.17) is 0 Å². The van der Waals surface area contributed by atoms with Crippen LogP contribution in [0.15, 0.2) is 24.3 Å². The number of hydrogen-bond acceptors (Lipinski definition) is 2. The molecule has 84 valence electrons. The van der Waals surface area contributed by atoms with Gasteiger partial charge in [0, 0.05) is 18.3 Å². The number of benzene rings is 1. The van der Waals surface area contributed by atoms with Crippen molar-refractivity contribution in [3.8, 4) is 0 Å². The molecule has 1 aromatic rings. The van der Waals surface area contributed by atoms with Gasteiger partial charge in [-0.1, -0.05) is 25.5 Å². The summed E-state index contributed by atoms with van der Waals surface area (Å²) in [6.07, 6.45) is 2.45. The maximum Gasteiger partial charge on any atom is 0.0342 e. The summed E-state index contributed by atoms with van der Waals surface area (Å²) in [5.74, 6) is 0. The molecule has 0 fully saturated rings. The van der Waals surface area contributed by atoms with Crippen molar-refractivity contribution in [3.63, 3.8) is 0 Å². The maximum atomic E-state index is 3.49. The van der Waals surface area contributed by atoms with Crippen LogP contribution in [0.1, 0.15) is 32.3 Å². The van der Waals surface area contributed by atoms with Crippen LogP contribution in [0.25, 0.3) is 0 Å². The molecule has 0 saturated heterocycles. The van der Waals surface area contributed by atoms with Gasteiger partial charge in [0.2, 0.25) is 0 Å². The highest BCUT2D eigenvalue weighted by atomic mass is 14.9. The average Bonchev–Trinajstić information content (AvgIpc) is 2.22. The van der Waals surface area contributed by atoms with Crippen molar-refractivity contribution >= 4 is 5.69 Å². The van der Waals surface area contributed by atoms with Gasteiger partial charge in [-0.2, -0.15) is 0 Å². The van der Waals surface area contributed by atoms with E-state index in [0.717, 1.165) is 6.54 Å². The standard InChI is InChI=1S/C13H22N2/c1-4-5-11(2)15-13-8-6-12(7-9-13)10-14-3/h6-9,11,14-15H,4-5,10H2,1-3H3. The lowest BCUT2D eigenvalue weighted by Gasteiger charge is -2.14. The highest BCUT2D eigenvalue weighted by Gasteiger charge is 1.99. The fourth-order valence-corrected chi connectivity index (χ4v) is 1.71. The molecule has 0 aromatic heterocycles. The minimum atomic E-state index is 0.560. The lowest BCUT2D eigenvalue weighted by Crippen LogP contribution is -2.14. The predicted molar refractivity (Wildman–Crippen MR) is 67.2 cm³/mol. The first kappa shape index (κ1) is 12.1. The van der Waals surface area contributed by atoms with E-state index >= 15 is 0 Å². The Labute approximate surface area is 93.1 Å². The maximum absolute atomic E-state index is 3.49. The second-order valence-corrected chi connectivity index (χ2v) is 4.06. The third-order valence-electron chi connectivity index (χ3n) is 2.47. The molecule has 15 heavy (non-hydrogen) atoms. The van der Waals surface area contributed by atoms with Crippen molar-refractivity contribution in [2.75, 3.05) is 12.4 Å². The summed E-state index contributed by atoms with van der Waals surface area (Å²) in [4.78, 5) is 0. The molecule has 2 heteroatoms. The lowest BCUT2D eigenvalue weighted by atomic mass is 10.1. The van der Waals surface area contributed by atoms with E-state index in [-0.39, 0.29) is 0 Å². The fourth-order valence-electron chi connectivity index (χ4n) is 1.71. The molecule has 0 amide bonds. The molecule has 2 nitrogen and oxygen atoms in total. The third kappa shape index (κ3) is 4.34. The Kier molecular flexibility index (Phi) is 5.19. The van der Waals surface area contributed by atoms with E-state index < -0.39 is 0 Å². The summed E-state index contributed by atoms with van der Waals surface area (Å²) < 4.78 is 0. The fraction of sp³-hybridized carbons (Fsp3) is 0.538. The summed E-state index contributed by atoms with van der Waals surface area (Å²) in [6.45, 7) is 5.38. The Bertz CT molecular complexity index is 266. The Morgan fingerprint density at radius 3 is 2.40 bits per heavy atom. The van der Waals surface area contributed by atoms with Gasteiger partial charge in [-0.3, -0.25) is 0 Å². The summed E-state index contributed by atoms with van der Waals surface area (Å²) in [5.41, 5.74) is 2.54. The Balaban J connectivity index is 2.48. The van der Waals surface area contributed by atoms with Gasteiger partial charge in [-0.05, 0) is 38.1 Å². The smallest absolute Gasteiger partial charge is 0.0342 e. The van der Waals surface area contributed by atoms with Crippen molar-refractivity contribution in [1.29, 1.82) is 0 Å². The Morgan fingerprint density at radius 2 is 1.87 bits per heavy atom. The number of anilines is 1. The molecule has 0 radical (unpaired) electrons. The molecule has 1 atom stereocenters. The molecule has 1 rings (SSSR count). The molecule has 0 aliphatic carbocycles. The van der Waals surface area contributed by atoms with Crippen LogP contribution < -0.4 is 10.6 Å². The normalized spacial score (nSPS) is 12.5. The van der Waals surface area contributed by atoms with Gasteiger partial charge in [-0.25, -0.2) is 0 Å². The SMILES string of the molecule is CCCC(C)Nc1ccc(CNC)cc1. The van der Waals surface area contributed by atoms with Crippen LogP contribution in [0.5, 0.6) is 0 Å². The molecule has 0 bridgehead atoms. The van der Waals surface area contributed by atoms with Gasteiger partial charge in [0.1, 0.15) is 0 Å². The Hall–Kier alpha value is -1.02. The average molecular weight is 206 g/mol.